The molecule has 0 spiro atoms. The van der Waals surface area contributed by atoms with Gasteiger partial charge in [-0.15, -0.1) is 0 Å². The van der Waals surface area contributed by atoms with Gasteiger partial charge in [-0.25, -0.2) is 9.59 Å². The summed E-state index contributed by atoms with van der Waals surface area (Å²) in [5.41, 5.74) is 3.00. The van der Waals surface area contributed by atoms with Gasteiger partial charge >= 0.3 is 17.8 Å². The summed E-state index contributed by atoms with van der Waals surface area (Å²) in [6.07, 6.45) is -2.59. The highest BCUT2D eigenvalue weighted by molar-refractivity contribution is 6.01. The number of alkyl halides is 3. The Hall–Kier alpha value is -3.63. The van der Waals surface area contributed by atoms with Gasteiger partial charge in [0.15, 0.2) is 6.61 Å². The van der Waals surface area contributed by atoms with Crippen LogP contribution in [0.3, 0.4) is 0 Å². The van der Waals surface area contributed by atoms with E-state index in [2.05, 4.69) is 0 Å². The lowest BCUT2D eigenvalue weighted by atomic mass is 10.1. The van der Waals surface area contributed by atoms with E-state index in [-0.39, 0.29) is 23.8 Å². The van der Waals surface area contributed by atoms with E-state index in [9.17, 15) is 32.3 Å². The summed E-state index contributed by atoms with van der Waals surface area (Å²) in [6, 6.07) is 4.27. The second-order valence-electron chi connectivity index (χ2n) is 7.40. The fraction of sp³-hybridized carbons (Fsp3) is 0.333. The molecule has 32 heavy (non-hydrogen) atoms. The number of nitrogens with two attached hydrogens (primary N) is 1. The molecule has 0 unspecified atom stereocenters. The number of carbonyl (C=O) groups excluding carboxylic acids is 2. The first-order valence-corrected chi connectivity index (χ1v) is 9.47. The molecule has 1 heterocycles. The standard InChI is InChI=1S/C21H22F3N3O5/c1-12(2)10-27-18(25)17(19(30)26(3)20(27)31)15(28)11-32-16(29)8-7-13-5-4-6-14(9-13)21(22,23)24/h4-9,12H,10-11,25H2,1-3H3. The summed E-state index contributed by atoms with van der Waals surface area (Å²) in [5.74, 6) is -2.26. The Morgan fingerprint density at radius 3 is 2.47 bits per heavy atom. The number of benzene rings is 1. The largest absolute Gasteiger partial charge is 0.454 e. The van der Waals surface area contributed by atoms with E-state index in [1.54, 1.807) is 0 Å². The molecule has 2 N–H and O–H groups in total. The minimum Gasteiger partial charge on any atom is -0.454 e. The quantitative estimate of drug-likeness (QED) is 0.391. The molecule has 0 saturated carbocycles. The van der Waals surface area contributed by atoms with Crippen LogP contribution in [0.25, 0.3) is 6.08 Å². The highest BCUT2D eigenvalue weighted by Crippen LogP contribution is 2.29. The Morgan fingerprint density at radius 2 is 1.88 bits per heavy atom. The van der Waals surface area contributed by atoms with Crippen molar-refractivity contribution in [2.45, 2.75) is 26.6 Å². The van der Waals surface area contributed by atoms with Crippen molar-refractivity contribution < 1.29 is 27.5 Å². The molecule has 1 aromatic heterocycles. The summed E-state index contributed by atoms with van der Waals surface area (Å²) >= 11 is 0. The maximum Gasteiger partial charge on any atom is 0.416 e. The SMILES string of the molecule is CC(C)Cn1c(N)c(C(=O)COC(=O)C=Cc2cccc(C(F)(F)F)c2)c(=O)n(C)c1=O. The van der Waals surface area contributed by atoms with Crippen LogP contribution in [-0.2, 0) is 29.3 Å². The molecule has 0 atom stereocenters. The number of anilines is 1. The lowest BCUT2D eigenvalue weighted by molar-refractivity contribution is -0.138. The van der Waals surface area contributed by atoms with E-state index in [4.69, 9.17) is 10.5 Å². The van der Waals surface area contributed by atoms with Crippen molar-refractivity contribution in [1.82, 2.24) is 9.13 Å². The average molecular weight is 453 g/mol. The fourth-order valence-electron chi connectivity index (χ4n) is 2.83. The van der Waals surface area contributed by atoms with Gasteiger partial charge in [0, 0.05) is 19.7 Å². The molecular weight excluding hydrogens is 431 g/mol. The predicted molar refractivity (Wildman–Crippen MR) is 111 cm³/mol. The molecule has 11 heteroatoms. The molecule has 0 aliphatic rings. The van der Waals surface area contributed by atoms with E-state index in [0.717, 1.165) is 33.4 Å². The van der Waals surface area contributed by atoms with Crippen LogP contribution in [0.1, 0.15) is 35.3 Å². The van der Waals surface area contributed by atoms with Gasteiger partial charge in [-0.2, -0.15) is 13.2 Å². The van der Waals surface area contributed by atoms with Gasteiger partial charge in [0.25, 0.3) is 5.56 Å². The van der Waals surface area contributed by atoms with Crippen LogP contribution >= 0.6 is 0 Å². The van der Waals surface area contributed by atoms with Gasteiger partial charge in [-0.1, -0.05) is 26.0 Å². The number of rotatable bonds is 7. The number of ketones is 1. The van der Waals surface area contributed by atoms with Crippen LogP contribution in [0.2, 0.25) is 0 Å². The van der Waals surface area contributed by atoms with E-state index in [1.807, 2.05) is 13.8 Å². The molecule has 1 aromatic carbocycles. The molecule has 0 radical (unpaired) electrons. The highest BCUT2D eigenvalue weighted by Gasteiger charge is 2.30. The third kappa shape index (κ3) is 5.74. The van der Waals surface area contributed by atoms with Crippen LogP contribution in [0, 0.1) is 5.92 Å². The van der Waals surface area contributed by atoms with Crippen LogP contribution < -0.4 is 17.0 Å². The van der Waals surface area contributed by atoms with Crippen molar-refractivity contribution in [3.8, 4) is 0 Å². The average Bonchev–Trinajstić information content (AvgIpc) is 2.72. The molecule has 8 nitrogen and oxygen atoms in total. The van der Waals surface area contributed by atoms with E-state index >= 15 is 0 Å². The number of hydrogen-bond acceptors (Lipinski definition) is 6. The molecule has 0 saturated heterocycles. The van der Waals surface area contributed by atoms with Gasteiger partial charge < -0.3 is 10.5 Å². The number of hydrogen-bond donors (Lipinski definition) is 1. The van der Waals surface area contributed by atoms with Gasteiger partial charge in [0.2, 0.25) is 5.78 Å². The van der Waals surface area contributed by atoms with Crippen molar-refractivity contribution >= 4 is 23.6 Å². The number of carbonyl (C=O) groups is 2. The zero-order valence-electron chi connectivity index (χ0n) is 17.6. The van der Waals surface area contributed by atoms with Crippen molar-refractivity contribution in [2.24, 2.45) is 13.0 Å². The smallest absolute Gasteiger partial charge is 0.416 e. The number of aromatic nitrogens is 2. The molecule has 0 aliphatic carbocycles. The molecular formula is C21H22F3N3O5. The molecule has 0 aliphatic heterocycles. The molecule has 0 amide bonds. The summed E-state index contributed by atoms with van der Waals surface area (Å²) < 4.78 is 44.8. The number of nitrogens with zero attached hydrogens (tertiary/aromatic N) is 2. The Kier molecular flexibility index (Phi) is 7.44. The number of Topliss-reactive ketones (excluding diaryl/α,β-unsaturated/α-hetero) is 1. The first kappa shape index (κ1) is 24.6. The molecule has 172 valence electrons. The number of ether oxygens (including phenoxy) is 1. The predicted octanol–water partition coefficient (Wildman–Crippen LogP) is 2.24. The molecule has 2 aromatic rings. The van der Waals surface area contributed by atoms with Crippen molar-refractivity contribution in [2.75, 3.05) is 12.3 Å². The molecule has 0 bridgehead atoms. The van der Waals surface area contributed by atoms with Crippen LogP contribution in [0.5, 0.6) is 0 Å². The number of halogens is 3. The Labute approximate surface area is 180 Å². The van der Waals surface area contributed by atoms with Gasteiger partial charge in [0.05, 0.1) is 5.56 Å². The Bertz CT molecular complexity index is 1180. The third-order valence-electron chi connectivity index (χ3n) is 4.38. The summed E-state index contributed by atoms with van der Waals surface area (Å²) in [7, 11) is 1.20. The Morgan fingerprint density at radius 1 is 1.22 bits per heavy atom. The first-order chi connectivity index (χ1) is 14.8. The van der Waals surface area contributed by atoms with Gasteiger partial charge in [0.1, 0.15) is 11.4 Å². The third-order valence-corrected chi connectivity index (χ3v) is 4.38. The van der Waals surface area contributed by atoms with E-state index < -0.39 is 46.9 Å². The van der Waals surface area contributed by atoms with Crippen LogP contribution in [-0.4, -0.2) is 27.5 Å². The van der Waals surface area contributed by atoms with Crippen molar-refractivity contribution in [1.29, 1.82) is 0 Å². The maximum absolute atomic E-state index is 12.7. The summed E-state index contributed by atoms with van der Waals surface area (Å²) in [5, 5.41) is 0. The van der Waals surface area contributed by atoms with E-state index in [0.29, 0.717) is 0 Å². The molecule has 2 rings (SSSR count). The van der Waals surface area contributed by atoms with Crippen LogP contribution in [0.15, 0.2) is 39.9 Å². The van der Waals surface area contributed by atoms with Gasteiger partial charge in [-0.3, -0.25) is 18.7 Å². The zero-order chi connectivity index (χ0) is 24.2. The second kappa shape index (κ2) is 9.67. The number of nitrogen functional groups attached to an aromatic ring is 1. The monoisotopic (exact) mass is 453 g/mol. The van der Waals surface area contributed by atoms with Crippen LogP contribution in [0.4, 0.5) is 19.0 Å². The zero-order valence-corrected chi connectivity index (χ0v) is 17.6. The van der Waals surface area contributed by atoms with E-state index in [1.165, 1.54) is 19.2 Å². The lowest BCUT2D eigenvalue weighted by Gasteiger charge is -2.16. The van der Waals surface area contributed by atoms with Crippen molar-refractivity contribution in [3.05, 3.63) is 67.9 Å². The maximum atomic E-state index is 12.7. The summed E-state index contributed by atoms with van der Waals surface area (Å²) in [4.78, 5) is 49.0. The minimum absolute atomic E-state index is 0.00531. The normalized spacial score (nSPS) is 11.8. The van der Waals surface area contributed by atoms with Gasteiger partial charge in [-0.05, 0) is 29.7 Å². The fourth-order valence-corrected chi connectivity index (χ4v) is 2.83. The Balaban J connectivity index is 2.17. The first-order valence-electron chi connectivity index (χ1n) is 9.47. The van der Waals surface area contributed by atoms with Crippen molar-refractivity contribution in [3.63, 3.8) is 0 Å². The second-order valence-corrected chi connectivity index (χ2v) is 7.40. The topological polar surface area (TPSA) is 113 Å². The summed E-state index contributed by atoms with van der Waals surface area (Å²) in [6.45, 7) is 2.96. The molecule has 0 fully saturated rings. The minimum atomic E-state index is -4.53. The lowest BCUT2D eigenvalue weighted by Crippen LogP contribution is -2.43. The number of esters is 1. The highest BCUT2D eigenvalue weighted by atomic mass is 19.4.